The summed E-state index contributed by atoms with van der Waals surface area (Å²) in [5.74, 6) is 0.0400. The molecule has 3 unspecified atom stereocenters. The van der Waals surface area contributed by atoms with Crippen molar-refractivity contribution in [3.05, 3.63) is 30.1 Å². The summed E-state index contributed by atoms with van der Waals surface area (Å²) in [6, 6.07) is 3.80. The Kier molecular flexibility index (Phi) is 3.50. The Morgan fingerprint density at radius 3 is 3.10 bits per heavy atom. The summed E-state index contributed by atoms with van der Waals surface area (Å²) < 4.78 is 5.83. The second kappa shape index (κ2) is 5.07. The van der Waals surface area contributed by atoms with Crippen molar-refractivity contribution >= 4 is 5.91 Å². The van der Waals surface area contributed by atoms with Crippen molar-refractivity contribution in [3.63, 3.8) is 0 Å². The van der Waals surface area contributed by atoms with Crippen LogP contribution in [0, 0.1) is 11.3 Å². The van der Waals surface area contributed by atoms with Crippen LogP contribution in [0.25, 0.3) is 0 Å². The smallest absolute Gasteiger partial charge is 0.241 e. The van der Waals surface area contributed by atoms with Crippen LogP contribution in [0.5, 0.6) is 0 Å². The van der Waals surface area contributed by atoms with E-state index in [9.17, 15) is 4.79 Å². The average Bonchev–Trinajstić information content (AvgIpc) is 2.52. The lowest BCUT2D eigenvalue weighted by molar-refractivity contribution is -0.225. The number of ether oxygens (including phenoxy) is 1. The van der Waals surface area contributed by atoms with Gasteiger partial charge < -0.3 is 15.8 Å². The number of nitrogens with zero attached hydrogens (tertiary/aromatic N) is 1. The summed E-state index contributed by atoms with van der Waals surface area (Å²) in [4.78, 5) is 16.7. The van der Waals surface area contributed by atoms with Gasteiger partial charge in [0.25, 0.3) is 0 Å². The fourth-order valence-electron chi connectivity index (χ4n) is 3.87. The molecule has 1 aromatic rings. The molecule has 2 fully saturated rings. The second-order valence-corrected chi connectivity index (χ2v) is 6.67. The van der Waals surface area contributed by atoms with Crippen molar-refractivity contribution in [1.82, 2.24) is 10.3 Å². The van der Waals surface area contributed by atoms with Crippen LogP contribution in [0.3, 0.4) is 0 Å². The third-order valence-electron chi connectivity index (χ3n) is 5.24. The number of fused-ring (bicyclic) bond motifs is 1. The first-order valence-corrected chi connectivity index (χ1v) is 7.55. The zero-order chi connectivity index (χ0) is 15.1. The molecule has 3 atom stereocenters. The van der Waals surface area contributed by atoms with Crippen molar-refractivity contribution < 1.29 is 9.53 Å². The Balaban J connectivity index is 1.71. The fraction of sp³-hybridized carbons (Fsp3) is 0.625. The van der Waals surface area contributed by atoms with E-state index in [4.69, 9.17) is 10.5 Å². The number of hydrogen-bond donors (Lipinski definition) is 2. The van der Waals surface area contributed by atoms with Crippen molar-refractivity contribution in [1.29, 1.82) is 0 Å². The zero-order valence-electron chi connectivity index (χ0n) is 12.6. The van der Waals surface area contributed by atoms with Crippen LogP contribution in [0.1, 0.15) is 32.3 Å². The normalized spacial score (nSPS) is 33.7. The van der Waals surface area contributed by atoms with Gasteiger partial charge in [-0.2, -0.15) is 0 Å². The van der Waals surface area contributed by atoms with Gasteiger partial charge in [0.1, 0.15) is 5.54 Å². The van der Waals surface area contributed by atoms with Gasteiger partial charge in [0.15, 0.2) is 0 Å². The number of pyridine rings is 1. The third-order valence-corrected chi connectivity index (χ3v) is 5.24. The second-order valence-electron chi connectivity index (χ2n) is 6.67. The molecule has 0 bridgehead atoms. The predicted octanol–water partition coefficient (Wildman–Crippen LogP) is 1.23. The molecule has 2 aliphatic rings. The molecule has 5 nitrogen and oxygen atoms in total. The summed E-state index contributed by atoms with van der Waals surface area (Å²) in [5.41, 5.74) is 6.33. The van der Waals surface area contributed by atoms with E-state index in [1.807, 2.05) is 26.0 Å². The summed E-state index contributed by atoms with van der Waals surface area (Å²) >= 11 is 0. The standard InChI is InChI=1S/C16H23N3O2/c1-15(2)13-12(6-4-8-21-13)16(15,17)14(20)19-10-11-5-3-7-18-9-11/h3,5,7,9,12-13H,4,6,8,10,17H2,1-2H3,(H,19,20). The Labute approximate surface area is 125 Å². The maximum absolute atomic E-state index is 12.7. The van der Waals surface area contributed by atoms with Crippen LogP contribution in [0.15, 0.2) is 24.5 Å². The number of carbonyl (C=O) groups is 1. The van der Waals surface area contributed by atoms with E-state index in [1.54, 1.807) is 12.4 Å². The molecule has 1 aliphatic heterocycles. The topological polar surface area (TPSA) is 77.2 Å². The first-order chi connectivity index (χ1) is 9.98. The Morgan fingerprint density at radius 2 is 2.38 bits per heavy atom. The zero-order valence-corrected chi connectivity index (χ0v) is 12.6. The highest BCUT2D eigenvalue weighted by Gasteiger charge is 2.70. The van der Waals surface area contributed by atoms with Gasteiger partial charge in [0, 0.05) is 36.9 Å². The number of rotatable bonds is 3. The lowest BCUT2D eigenvalue weighted by atomic mass is 9.46. The van der Waals surface area contributed by atoms with Gasteiger partial charge in [-0.1, -0.05) is 19.9 Å². The van der Waals surface area contributed by atoms with Crippen LogP contribution in [-0.4, -0.2) is 29.1 Å². The van der Waals surface area contributed by atoms with Crippen LogP contribution >= 0.6 is 0 Å². The molecule has 2 heterocycles. The van der Waals surface area contributed by atoms with Gasteiger partial charge in [-0.15, -0.1) is 0 Å². The molecule has 0 radical (unpaired) electrons. The van der Waals surface area contributed by atoms with Gasteiger partial charge in [-0.05, 0) is 24.5 Å². The SMILES string of the molecule is CC1(C)C2OCCCC2C1(N)C(=O)NCc1cccnc1. The van der Waals surface area contributed by atoms with E-state index in [1.165, 1.54) is 0 Å². The molecule has 1 saturated carbocycles. The van der Waals surface area contributed by atoms with Crippen LogP contribution in [-0.2, 0) is 16.1 Å². The number of amides is 1. The third kappa shape index (κ3) is 2.07. The molecule has 1 aromatic heterocycles. The predicted molar refractivity (Wildman–Crippen MR) is 79.2 cm³/mol. The van der Waals surface area contributed by atoms with E-state index >= 15 is 0 Å². The molecule has 0 aromatic carbocycles. The van der Waals surface area contributed by atoms with Gasteiger partial charge in [0.2, 0.25) is 5.91 Å². The first-order valence-electron chi connectivity index (χ1n) is 7.55. The molecule has 3 N–H and O–H groups in total. The van der Waals surface area contributed by atoms with Crippen molar-refractivity contribution in [2.45, 2.75) is 44.9 Å². The van der Waals surface area contributed by atoms with Gasteiger partial charge in [0.05, 0.1) is 6.10 Å². The number of nitrogens with one attached hydrogen (secondary N) is 1. The van der Waals surface area contributed by atoms with E-state index in [-0.39, 0.29) is 23.3 Å². The summed E-state index contributed by atoms with van der Waals surface area (Å²) in [5, 5.41) is 2.97. The monoisotopic (exact) mass is 289 g/mol. The van der Waals surface area contributed by atoms with Crippen molar-refractivity contribution in [2.75, 3.05) is 6.61 Å². The minimum Gasteiger partial charge on any atom is -0.377 e. The number of nitrogens with two attached hydrogens (primary N) is 1. The Bertz CT molecular complexity index is 532. The summed E-state index contributed by atoms with van der Waals surface area (Å²) in [6.07, 6.45) is 5.51. The van der Waals surface area contributed by atoms with Crippen LogP contribution < -0.4 is 11.1 Å². The van der Waals surface area contributed by atoms with Gasteiger partial charge in [-0.25, -0.2) is 0 Å². The van der Waals surface area contributed by atoms with Gasteiger partial charge >= 0.3 is 0 Å². The highest BCUT2D eigenvalue weighted by Crippen LogP contribution is 2.57. The largest absolute Gasteiger partial charge is 0.377 e. The van der Waals surface area contributed by atoms with Crippen molar-refractivity contribution in [3.8, 4) is 0 Å². The van der Waals surface area contributed by atoms with E-state index in [0.29, 0.717) is 6.54 Å². The maximum Gasteiger partial charge on any atom is 0.241 e. The van der Waals surface area contributed by atoms with Gasteiger partial charge in [-0.3, -0.25) is 9.78 Å². The molecule has 114 valence electrons. The molecule has 1 amide bonds. The minimum atomic E-state index is -0.847. The number of hydrogen-bond acceptors (Lipinski definition) is 4. The maximum atomic E-state index is 12.7. The number of aromatic nitrogens is 1. The minimum absolute atomic E-state index is 0.0805. The lowest BCUT2D eigenvalue weighted by Gasteiger charge is -2.65. The Hall–Kier alpha value is -1.46. The van der Waals surface area contributed by atoms with Crippen molar-refractivity contribution in [2.24, 2.45) is 17.1 Å². The summed E-state index contributed by atoms with van der Waals surface area (Å²) in [7, 11) is 0. The molecule has 1 saturated heterocycles. The quantitative estimate of drug-likeness (QED) is 0.877. The molecule has 3 rings (SSSR count). The summed E-state index contributed by atoms with van der Waals surface area (Å²) in [6.45, 7) is 5.30. The van der Waals surface area contributed by atoms with E-state index < -0.39 is 5.54 Å². The Morgan fingerprint density at radius 1 is 1.57 bits per heavy atom. The average molecular weight is 289 g/mol. The molecule has 21 heavy (non-hydrogen) atoms. The molecular weight excluding hydrogens is 266 g/mol. The molecule has 0 spiro atoms. The van der Waals surface area contributed by atoms with E-state index in [0.717, 1.165) is 25.0 Å². The van der Waals surface area contributed by atoms with Crippen LogP contribution in [0.2, 0.25) is 0 Å². The molecule has 1 aliphatic carbocycles. The number of carbonyl (C=O) groups excluding carboxylic acids is 1. The van der Waals surface area contributed by atoms with Crippen LogP contribution in [0.4, 0.5) is 0 Å². The highest BCUT2D eigenvalue weighted by molar-refractivity contribution is 5.89. The first kappa shape index (κ1) is 14.5. The highest BCUT2D eigenvalue weighted by atomic mass is 16.5. The lowest BCUT2D eigenvalue weighted by Crippen LogP contribution is -2.82. The molecular formula is C16H23N3O2. The fourth-order valence-corrected chi connectivity index (χ4v) is 3.87. The molecule has 5 heteroatoms. The van der Waals surface area contributed by atoms with E-state index in [2.05, 4.69) is 10.3 Å².